The molecule has 0 spiro atoms. The van der Waals surface area contributed by atoms with Gasteiger partial charge in [0.2, 0.25) is 0 Å². The van der Waals surface area contributed by atoms with E-state index < -0.39 is 23.3 Å². The lowest BCUT2D eigenvalue weighted by Crippen LogP contribution is -2.28. The van der Waals surface area contributed by atoms with Gasteiger partial charge in [0.1, 0.15) is 23.6 Å². The molecule has 0 amide bonds. The molecule has 1 unspecified atom stereocenters. The second kappa shape index (κ2) is 9.89. The minimum atomic E-state index is -3.29. The predicted molar refractivity (Wildman–Crippen MR) is 128 cm³/mol. The minimum absolute atomic E-state index is 0.00534. The number of halogens is 3. The molecule has 1 saturated heterocycles. The first-order valence-electron chi connectivity index (χ1n) is 11.7. The third-order valence-corrected chi connectivity index (χ3v) is 6.22. The molecule has 1 fully saturated rings. The van der Waals surface area contributed by atoms with E-state index in [-0.39, 0.29) is 17.8 Å². The number of nitrogens with one attached hydrogen (secondary N) is 1. The number of alkyl halides is 2. The van der Waals surface area contributed by atoms with E-state index in [0.29, 0.717) is 47.6 Å². The molecule has 0 bridgehead atoms. The molecule has 0 saturated carbocycles. The van der Waals surface area contributed by atoms with Gasteiger partial charge in [-0.3, -0.25) is 0 Å². The molecule has 35 heavy (non-hydrogen) atoms. The van der Waals surface area contributed by atoms with Crippen LogP contribution in [0.3, 0.4) is 0 Å². The Labute approximate surface area is 202 Å². The van der Waals surface area contributed by atoms with E-state index >= 15 is 0 Å². The van der Waals surface area contributed by atoms with E-state index in [4.69, 9.17) is 14.2 Å². The Balaban J connectivity index is 1.71. The molecule has 1 aliphatic rings. The number of anilines is 1. The highest BCUT2D eigenvalue weighted by Crippen LogP contribution is 2.38. The number of aromatic nitrogens is 2. The molecule has 1 N–H and O–H groups in total. The lowest BCUT2D eigenvalue weighted by atomic mass is 10.0. The highest BCUT2D eigenvalue weighted by atomic mass is 19.3. The van der Waals surface area contributed by atoms with Gasteiger partial charge < -0.3 is 19.5 Å². The van der Waals surface area contributed by atoms with Crippen molar-refractivity contribution in [2.24, 2.45) is 0 Å². The van der Waals surface area contributed by atoms with Gasteiger partial charge in [0.15, 0.2) is 11.5 Å². The number of methoxy groups -OCH3 is 1. The Morgan fingerprint density at radius 3 is 2.60 bits per heavy atom. The summed E-state index contributed by atoms with van der Waals surface area (Å²) in [5.74, 6) is -2.28. The largest absolute Gasteiger partial charge is 0.493 e. The van der Waals surface area contributed by atoms with Crippen LogP contribution in [0.4, 0.5) is 19.0 Å². The molecule has 0 radical (unpaired) electrons. The second-order valence-electron chi connectivity index (χ2n) is 8.98. The van der Waals surface area contributed by atoms with Gasteiger partial charge in [-0.15, -0.1) is 0 Å². The standard InChI is InChI=1S/C26H30F3N3O3/c1-14(17-8-6-9-19(24(17)27)26(4,28)29)30-25-18-12-23(35-15(2)21-10-7-11-34-21)22(33-5)13-20(18)31-16(3)32-25/h6,8-9,12-15,21H,7,10-11H2,1-5H3,(H,30,31,32)/t14-,15?,21+/m1/s1. The summed E-state index contributed by atoms with van der Waals surface area (Å²) in [5.41, 5.74) is 0.0804. The van der Waals surface area contributed by atoms with E-state index in [1.165, 1.54) is 12.1 Å². The molecule has 2 heterocycles. The quantitative estimate of drug-likeness (QED) is 0.400. The van der Waals surface area contributed by atoms with E-state index in [9.17, 15) is 13.2 Å². The Morgan fingerprint density at radius 2 is 1.94 bits per heavy atom. The van der Waals surface area contributed by atoms with Crippen molar-refractivity contribution >= 4 is 16.7 Å². The molecule has 6 nitrogen and oxygen atoms in total. The summed E-state index contributed by atoms with van der Waals surface area (Å²) < 4.78 is 60.2. The van der Waals surface area contributed by atoms with Gasteiger partial charge in [-0.05, 0) is 39.7 Å². The lowest BCUT2D eigenvalue weighted by molar-refractivity contribution is 0.0136. The summed E-state index contributed by atoms with van der Waals surface area (Å²) in [5, 5.41) is 3.81. The van der Waals surface area contributed by atoms with Crippen LogP contribution < -0.4 is 14.8 Å². The second-order valence-corrected chi connectivity index (χ2v) is 8.98. The molecule has 4 rings (SSSR count). The van der Waals surface area contributed by atoms with Crippen LogP contribution in [0.2, 0.25) is 0 Å². The average molecular weight is 490 g/mol. The maximum absolute atomic E-state index is 15.0. The van der Waals surface area contributed by atoms with Crippen molar-refractivity contribution in [1.29, 1.82) is 0 Å². The Hall–Kier alpha value is -3.07. The van der Waals surface area contributed by atoms with Crippen molar-refractivity contribution in [3.05, 3.63) is 53.1 Å². The number of benzene rings is 2. The van der Waals surface area contributed by atoms with Crippen molar-refractivity contribution in [2.45, 2.75) is 64.7 Å². The maximum atomic E-state index is 15.0. The summed E-state index contributed by atoms with van der Waals surface area (Å²) in [4.78, 5) is 9.01. The summed E-state index contributed by atoms with van der Waals surface area (Å²) in [6, 6.07) is 6.90. The summed E-state index contributed by atoms with van der Waals surface area (Å²) in [6.45, 7) is 6.78. The number of fused-ring (bicyclic) bond motifs is 1. The fourth-order valence-electron chi connectivity index (χ4n) is 4.37. The molecular weight excluding hydrogens is 459 g/mol. The minimum Gasteiger partial charge on any atom is -0.493 e. The number of nitrogens with zero attached hydrogens (tertiary/aromatic N) is 2. The molecule has 0 aliphatic carbocycles. The molecular formula is C26H30F3N3O3. The van der Waals surface area contributed by atoms with Crippen molar-refractivity contribution < 1.29 is 27.4 Å². The average Bonchev–Trinajstić information content (AvgIpc) is 3.33. The van der Waals surface area contributed by atoms with Crippen LogP contribution in [-0.4, -0.2) is 35.9 Å². The number of hydrogen-bond acceptors (Lipinski definition) is 6. The first-order chi connectivity index (χ1) is 16.6. The van der Waals surface area contributed by atoms with Gasteiger partial charge in [0, 0.05) is 30.5 Å². The van der Waals surface area contributed by atoms with Crippen molar-refractivity contribution in [3.8, 4) is 11.5 Å². The fourth-order valence-corrected chi connectivity index (χ4v) is 4.37. The molecule has 1 aromatic heterocycles. The van der Waals surface area contributed by atoms with Crippen LogP contribution in [0.25, 0.3) is 10.9 Å². The van der Waals surface area contributed by atoms with Crippen molar-refractivity contribution in [1.82, 2.24) is 9.97 Å². The van der Waals surface area contributed by atoms with Gasteiger partial charge in [-0.1, -0.05) is 18.2 Å². The van der Waals surface area contributed by atoms with Crippen LogP contribution in [0.5, 0.6) is 11.5 Å². The van der Waals surface area contributed by atoms with Crippen LogP contribution in [0.15, 0.2) is 30.3 Å². The maximum Gasteiger partial charge on any atom is 0.273 e. The van der Waals surface area contributed by atoms with E-state index in [0.717, 1.165) is 18.9 Å². The number of ether oxygens (including phenoxy) is 3. The highest BCUT2D eigenvalue weighted by Gasteiger charge is 2.30. The normalized spacial score (nSPS) is 17.9. The fraction of sp³-hybridized carbons (Fsp3) is 0.462. The predicted octanol–water partition coefficient (Wildman–Crippen LogP) is 6.32. The Morgan fingerprint density at radius 1 is 1.17 bits per heavy atom. The van der Waals surface area contributed by atoms with E-state index in [2.05, 4.69) is 15.3 Å². The summed E-state index contributed by atoms with van der Waals surface area (Å²) in [6.07, 6.45) is 1.71. The molecule has 188 valence electrons. The van der Waals surface area contributed by atoms with Crippen LogP contribution >= 0.6 is 0 Å². The third kappa shape index (κ3) is 5.29. The zero-order chi connectivity index (χ0) is 25.3. The zero-order valence-electron chi connectivity index (χ0n) is 20.5. The van der Waals surface area contributed by atoms with Crippen LogP contribution in [0, 0.1) is 12.7 Å². The topological polar surface area (TPSA) is 65.5 Å². The van der Waals surface area contributed by atoms with Crippen molar-refractivity contribution in [3.63, 3.8) is 0 Å². The lowest BCUT2D eigenvalue weighted by Gasteiger charge is -2.23. The first kappa shape index (κ1) is 25.0. The van der Waals surface area contributed by atoms with E-state index in [1.807, 2.05) is 6.92 Å². The number of rotatable bonds is 8. The summed E-state index contributed by atoms with van der Waals surface area (Å²) >= 11 is 0. The van der Waals surface area contributed by atoms with Crippen molar-refractivity contribution in [2.75, 3.05) is 19.0 Å². The molecule has 2 aromatic carbocycles. The van der Waals surface area contributed by atoms with Gasteiger partial charge in [-0.25, -0.2) is 23.1 Å². The third-order valence-electron chi connectivity index (χ3n) is 6.22. The highest BCUT2D eigenvalue weighted by molar-refractivity contribution is 5.92. The zero-order valence-corrected chi connectivity index (χ0v) is 20.5. The smallest absolute Gasteiger partial charge is 0.273 e. The SMILES string of the molecule is COc1cc2nc(C)nc(N[C@H](C)c3cccc(C(C)(F)F)c3F)c2cc1OC(C)[C@@H]1CCCO1. The van der Waals surface area contributed by atoms with Gasteiger partial charge >= 0.3 is 0 Å². The first-order valence-corrected chi connectivity index (χ1v) is 11.7. The van der Waals surface area contributed by atoms with Crippen LogP contribution in [0.1, 0.15) is 56.6 Å². The van der Waals surface area contributed by atoms with Gasteiger partial charge in [-0.2, -0.15) is 0 Å². The molecule has 3 atom stereocenters. The van der Waals surface area contributed by atoms with E-state index in [1.54, 1.807) is 33.1 Å². The molecule has 3 aromatic rings. The number of aryl methyl sites for hydroxylation is 1. The van der Waals surface area contributed by atoms with Crippen LogP contribution in [-0.2, 0) is 10.7 Å². The van der Waals surface area contributed by atoms with Gasteiger partial charge in [0.25, 0.3) is 5.92 Å². The Kier molecular flexibility index (Phi) is 7.07. The number of hydrogen-bond donors (Lipinski definition) is 1. The summed E-state index contributed by atoms with van der Waals surface area (Å²) in [7, 11) is 1.55. The monoisotopic (exact) mass is 489 g/mol. The Bertz CT molecular complexity index is 1210. The molecule has 9 heteroatoms. The molecule has 1 aliphatic heterocycles. The van der Waals surface area contributed by atoms with Gasteiger partial charge in [0.05, 0.1) is 30.3 Å².